The van der Waals surface area contributed by atoms with Crippen LogP contribution in [0.25, 0.3) is 0 Å². The second-order valence-electron chi connectivity index (χ2n) is 3.70. The fraction of sp³-hybridized carbons (Fsp3) is 0.231. The number of methoxy groups -OCH3 is 1. The SMILES string of the molecule is CCOc1ccccc1Nc1ncnc(OC)c1N. The molecule has 0 amide bonds. The van der Waals surface area contributed by atoms with Crippen LogP contribution in [0, 0.1) is 0 Å². The predicted molar refractivity (Wildman–Crippen MR) is 73.9 cm³/mol. The van der Waals surface area contributed by atoms with Gasteiger partial charge in [0.25, 0.3) is 0 Å². The number of nitrogens with zero attached hydrogens (tertiary/aromatic N) is 2. The van der Waals surface area contributed by atoms with Gasteiger partial charge in [0.2, 0.25) is 5.88 Å². The second-order valence-corrected chi connectivity index (χ2v) is 3.70. The van der Waals surface area contributed by atoms with Gasteiger partial charge in [-0.15, -0.1) is 0 Å². The number of aromatic nitrogens is 2. The highest BCUT2D eigenvalue weighted by Crippen LogP contribution is 2.31. The third-order valence-corrected chi connectivity index (χ3v) is 2.48. The van der Waals surface area contributed by atoms with Crippen molar-refractivity contribution in [3.05, 3.63) is 30.6 Å². The molecule has 0 aliphatic heterocycles. The van der Waals surface area contributed by atoms with Gasteiger partial charge in [-0.05, 0) is 19.1 Å². The zero-order valence-corrected chi connectivity index (χ0v) is 10.9. The van der Waals surface area contributed by atoms with E-state index in [4.69, 9.17) is 15.2 Å². The standard InChI is InChI=1S/C13H16N4O2/c1-3-19-10-7-5-4-6-9(10)17-12-11(14)13(18-2)16-8-15-12/h4-8H,3,14H2,1-2H3,(H,15,16,17). The summed E-state index contributed by atoms with van der Waals surface area (Å²) in [5.41, 5.74) is 7.06. The Bertz CT molecular complexity index is 560. The first-order valence-electron chi connectivity index (χ1n) is 5.89. The minimum atomic E-state index is 0.339. The molecule has 19 heavy (non-hydrogen) atoms. The van der Waals surface area contributed by atoms with Gasteiger partial charge >= 0.3 is 0 Å². The Kier molecular flexibility index (Phi) is 4.02. The summed E-state index contributed by atoms with van der Waals surface area (Å²) in [4.78, 5) is 8.03. The topological polar surface area (TPSA) is 82.3 Å². The zero-order valence-electron chi connectivity index (χ0n) is 10.9. The predicted octanol–water partition coefficient (Wildman–Crippen LogP) is 2.21. The number of rotatable bonds is 5. The summed E-state index contributed by atoms with van der Waals surface area (Å²) in [5.74, 6) is 1.56. The summed E-state index contributed by atoms with van der Waals surface area (Å²) < 4.78 is 10.6. The van der Waals surface area contributed by atoms with Gasteiger partial charge in [0.15, 0.2) is 5.82 Å². The van der Waals surface area contributed by atoms with Crippen LogP contribution >= 0.6 is 0 Å². The number of hydrogen-bond donors (Lipinski definition) is 2. The van der Waals surface area contributed by atoms with Gasteiger partial charge in [-0.1, -0.05) is 12.1 Å². The third-order valence-electron chi connectivity index (χ3n) is 2.48. The fourth-order valence-electron chi connectivity index (χ4n) is 1.62. The smallest absolute Gasteiger partial charge is 0.242 e. The fourth-order valence-corrected chi connectivity index (χ4v) is 1.62. The summed E-state index contributed by atoms with van der Waals surface area (Å²) in [7, 11) is 1.51. The van der Waals surface area contributed by atoms with E-state index < -0.39 is 0 Å². The number of hydrogen-bond acceptors (Lipinski definition) is 6. The molecule has 0 radical (unpaired) electrons. The van der Waals surface area contributed by atoms with Crippen molar-refractivity contribution in [3.63, 3.8) is 0 Å². The molecule has 0 atom stereocenters. The molecule has 0 aliphatic rings. The van der Waals surface area contributed by atoms with Gasteiger partial charge in [-0.25, -0.2) is 4.98 Å². The molecule has 6 heteroatoms. The Balaban J connectivity index is 2.31. The number of anilines is 3. The van der Waals surface area contributed by atoms with E-state index >= 15 is 0 Å². The molecule has 1 aromatic heterocycles. The maximum absolute atomic E-state index is 5.91. The van der Waals surface area contributed by atoms with Crippen molar-refractivity contribution >= 4 is 17.2 Å². The maximum Gasteiger partial charge on any atom is 0.242 e. The molecule has 1 heterocycles. The van der Waals surface area contributed by atoms with Crippen molar-refractivity contribution in [2.75, 3.05) is 24.8 Å². The van der Waals surface area contributed by atoms with Crippen molar-refractivity contribution in [1.29, 1.82) is 0 Å². The van der Waals surface area contributed by atoms with Crippen molar-refractivity contribution in [2.24, 2.45) is 0 Å². The van der Waals surface area contributed by atoms with Crippen molar-refractivity contribution in [3.8, 4) is 11.6 Å². The molecule has 0 saturated heterocycles. The highest BCUT2D eigenvalue weighted by molar-refractivity contribution is 5.74. The van der Waals surface area contributed by atoms with Crippen LogP contribution in [-0.4, -0.2) is 23.7 Å². The van der Waals surface area contributed by atoms with Gasteiger partial charge in [-0.2, -0.15) is 4.98 Å². The Morgan fingerprint density at radius 3 is 2.79 bits per heavy atom. The molecule has 2 rings (SSSR count). The van der Waals surface area contributed by atoms with E-state index in [0.29, 0.717) is 24.0 Å². The summed E-state index contributed by atoms with van der Waals surface area (Å²) in [5, 5.41) is 3.12. The molecule has 100 valence electrons. The highest BCUT2D eigenvalue weighted by atomic mass is 16.5. The Hall–Kier alpha value is -2.50. The largest absolute Gasteiger partial charge is 0.492 e. The maximum atomic E-state index is 5.91. The van der Waals surface area contributed by atoms with Crippen LogP contribution < -0.4 is 20.5 Å². The zero-order chi connectivity index (χ0) is 13.7. The molecule has 0 spiro atoms. The molecule has 2 aromatic rings. The summed E-state index contributed by atoms with van der Waals surface area (Å²) in [6.07, 6.45) is 1.39. The Morgan fingerprint density at radius 2 is 2.05 bits per heavy atom. The van der Waals surface area contributed by atoms with E-state index in [9.17, 15) is 0 Å². The van der Waals surface area contributed by atoms with Gasteiger partial charge in [0.1, 0.15) is 17.8 Å². The van der Waals surface area contributed by atoms with E-state index in [1.807, 2.05) is 31.2 Å². The molecular weight excluding hydrogens is 244 g/mol. The van der Waals surface area contributed by atoms with Crippen LogP contribution in [0.3, 0.4) is 0 Å². The Labute approximate surface area is 111 Å². The van der Waals surface area contributed by atoms with Gasteiger partial charge in [0, 0.05) is 0 Å². The lowest BCUT2D eigenvalue weighted by Crippen LogP contribution is -2.04. The van der Waals surface area contributed by atoms with Gasteiger partial charge in [0.05, 0.1) is 19.4 Å². The molecule has 3 N–H and O–H groups in total. The lowest BCUT2D eigenvalue weighted by atomic mass is 10.3. The number of ether oxygens (including phenoxy) is 2. The Morgan fingerprint density at radius 1 is 1.26 bits per heavy atom. The summed E-state index contributed by atoms with van der Waals surface area (Å²) in [6, 6.07) is 7.57. The van der Waals surface area contributed by atoms with E-state index in [1.165, 1.54) is 13.4 Å². The first-order chi connectivity index (χ1) is 9.26. The van der Waals surface area contributed by atoms with Crippen LogP contribution in [0.5, 0.6) is 11.6 Å². The van der Waals surface area contributed by atoms with Crippen LogP contribution in [0.15, 0.2) is 30.6 Å². The van der Waals surface area contributed by atoms with Crippen LogP contribution in [0.1, 0.15) is 6.92 Å². The van der Waals surface area contributed by atoms with Crippen LogP contribution in [0.2, 0.25) is 0 Å². The molecule has 0 bridgehead atoms. The van der Waals surface area contributed by atoms with E-state index in [-0.39, 0.29) is 0 Å². The summed E-state index contributed by atoms with van der Waals surface area (Å²) in [6.45, 7) is 2.51. The molecular formula is C13H16N4O2. The van der Waals surface area contributed by atoms with Crippen molar-refractivity contribution < 1.29 is 9.47 Å². The number of nitrogen functional groups attached to an aromatic ring is 1. The second kappa shape index (κ2) is 5.90. The first kappa shape index (κ1) is 12.9. The number of benzene rings is 1. The molecule has 1 aromatic carbocycles. The van der Waals surface area contributed by atoms with Crippen LogP contribution in [0.4, 0.5) is 17.2 Å². The minimum absolute atomic E-state index is 0.339. The lowest BCUT2D eigenvalue weighted by Gasteiger charge is -2.13. The number of para-hydroxylation sites is 2. The number of nitrogens with two attached hydrogens (primary N) is 1. The quantitative estimate of drug-likeness (QED) is 0.857. The average Bonchev–Trinajstić information content (AvgIpc) is 2.43. The minimum Gasteiger partial charge on any atom is -0.492 e. The van der Waals surface area contributed by atoms with Crippen LogP contribution in [-0.2, 0) is 0 Å². The van der Waals surface area contributed by atoms with Crippen molar-refractivity contribution in [2.45, 2.75) is 6.92 Å². The highest BCUT2D eigenvalue weighted by Gasteiger charge is 2.10. The number of nitrogens with one attached hydrogen (secondary N) is 1. The van der Waals surface area contributed by atoms with E-state index in [0.717, 1.165) is 11.4 Å². The van der Waals surface area contributed by atoms with Crippen molar-refractivity contribution in [1.82, 2.24) is 9.97 Å². The third kappa shape index (κ3) is 2.85. The molecule has 0 unspecified atom stereocenters. The first-order valence-corrected chi connectivity index (χ1v) is 5.89. The van der Waals surface area contributed by atoms with Gasteiger partial charge in [-0.3, -0.25) is 0 Å². The van der Waals surface area contributed by atoms with Gasteiger partial charge < -0.3 is 20.5 Å². The molecule has 0 fully saturated rings. The average molecular weight is 260 g/mol. The van der Waals surface area contributed by atoms with E-state index in [1.54, 1.807) is 0 Å². The monoisotopic (exact) mass is 260 g/mol. The molecule has 0 aliphatic carbocycles. The normalized spacial score (nSPS) is 10.0. The molecule has 6 nitrogen and oxygen atoms in total. The summed E-state index contributed by atoms with van der Waals surface area (Å²) >= 11 is 0. The molecule has 0 saturated carbocycles. The lowest BCUT2D eigenvalue weighted by molar-refractivity contribution is 0.342. The van der Waals surface area contributed by atoms with E-state index in [2.05, 4.69) is 15.3 Å².